The second-order valence-electron chi connectivity index (χ2n) is 7.48. The van der Waals surface area contributed by atoms with E-state index in [0.29, 0.717) is 12.1 Å². The van der Waals surface area contributed by atoms with E-state index in [1.807, 2.05) is 26.0 Å². The lowest BCUT2D eigenvalue weighted by atomic mass is 10.1. The summed E-state index contributed by atoms with van der Waals surface area (Å²) in [5.74, 6) is -0.195. The van der Waals surface area contributed by atoms with Crippen LogP contribution in [-0.2, 0) is 6.54 Å². The van der Waals surface area contributed by atoms with Gasteiger partial charge in [-0.2, -0.15) is 0 Å². The maximum Gasteiger partial charge on any atom is 0.330 e. The Morgan fingerprint density at radius 2 is 1.86 bits per heavy atom. The number of unbranched alkanes of at least 4 members (excludes halogenated alkanes) is 1. The molecule has 1 heterocycles. The molecular weight excluding hydrogens is 356 g/mol. The Balaban J connectivity index is 2.13. The van der Waals surface area contributed by atoms with Gasteiger partial charge in [-0.05, 0) is 38.3 Å². The highest BCUT2D eigenvalue weighted by atomic mass is 16.2. The molecule has 28 heavy (non-hydrogen) atoms. The number of H-pyrrole nitrogens is 1. The van der Waals surface area contributed by atoms with Gasteiger partial charge in [0.25, 0.3) is 11.5 Å². The van der Waals surface area contributed by atoms with Gasteiger partial charge in [0, 0.05) is 18.2 Å². The number of benzene rings is 1. The molecule has 0 bridgehead atoms. The van der Waals surface area contributed by atoms with Crippen LogP contribution in [0.25, 0.3) is 0 Å². The van der Waals surface area contributed by atoms with Gasteiger partial charge < -0.3 is 5.73 Å². The van der Waals surface area contributed by atoms with Crippen LogP contribution in [0.3, 0.4) is 0 Å². The fourth-order valence-electron chi connectivity index (χ4n) is 3.80. The summed E-state index contributed by atoms with van der Waals surface area (Å²) < 4.78 is 1.37. The minimum Gasteiger partial charge on any atom is -0.383 e. The minimum atomic E-state index is -0.609. The maximum atomic E-state index is 13.4. The van der Waals surface area contributed by atoms with E-state index in [4.69, 9.17) is 5.73 Å². The molecule has 0 radical (unpaired) electrons. The normalized spacial score (nSPS) is 14.4. The molecule has 3 rings (SSSR count). The van der Waals surface area contributed by atoms with Gasteiger partial charge >= 0.3 is 5.69 Å². The number of anilines is 2. The summed E-state index contributed by atoms with van der Waals surface area (Å²) in [7, 11) is 0. The van der Waals surface area contributed by atoms with Gasteiger partial charge in [0.1, 0.15) is 5.82 Å². The van der Waals surface area contributed by atoms with E-state index in [2.05, 4.69) is 4.98 Å². The van der Waals surface area contributed by atoms with Crippen LogP contribution in [0.5, 0.6) is 0 Å². The summed E-state index contributed by atoms with van der Waals surface area (Å²) in [4.78, 5) is 42.3. The predicted molar refractivity (Wildman–Crippen MR) is 111 cm³/mol. The highest BCUT2D eigenvalue weighted by molar-refractivity contribution is 6.07. The van der Waals surface area contributed by atoms with Gasteiger partial charge in [-0.15, -0.1) is 0 Å². The van der Waals surface area contributed by atoms with Crippen LogP contribution in [-0.4, -0.2) is 21.5 Å². The number of nitrogen functional groups attached to an aromatic ring is 1. The van der Waals surface area contributed by atoms with E-state index in [-0.39, 0.29) is 23.5 Å². The number of carbonyl (C=O) groups excluding carboxylic acids is 1. The number of aryl methyl sites for hydroxylation is 1. The van der Waals surface area contributed by atoms with Gasteiger partial charge in [0.2, 0.25) is 0 Å². The quantitative estimate of drug-likeness (QED) is 0.799. The highest BCUT2D eigenvalue weighted by Crippen LogP contribution is 2.30. The first-order chi connectivity index (χ1) is 13.4. The Hall–Kier alpha value is -2.83. The predicted octanol–water partition coefficient (Wildman–Crippen LogP) is 2.82. The Kier molecular flexibility index (Phi) is 6.02. The Labute approximate surface area is 164 Å². The van der Waals surface area contributed by atoms with Gasteiger partial charge in [0.05, 0.1) is 0 Å². The van der Waals surface area contributed by atoms with Gasteiger partial charge in [-0.1, -0.05) is 43.9 Å². The van der Waals surface area contributed by atoms with E-state index in [9.17, 15) is 14.4 Å². The lowest BCUT2D eigenvalue weighted by Gasteiger charge is -2.30. The molecule has 0 unspecified atom stereocenters. The molecule has 0 atom stereocenters. The molecule has 1 saturated carbocycles. The first-order valence-corrected chi connectivity index (χ1v) is 9.96. The summed E-state index contributed by atoms with van der Waals surface area (Å²) >= 11 is 0. The molecule has 1 aromatic heterocycles. The summed E-state index contributed by atoms with van der Waals surface area (Å²) in [5, 5.41) is 0. The molecule has 1 amide bonds. The highest BCUT2D eigenvalue weighted by Gasteiger charge is 2.33. The second kappa shape index (κ2) is 8.46. The van der Waals surface area contributed by atoms with Crippen LogP contribution >= 0.6 is 0 Å². The zero-order valence-electron chi connectivity index (χ0n) is 16.5. The zero-order valence-corrected chi connectivity index (χ0v) is 16.5. The van der Waals surface area contributed by atoms with Crippen molar-refractivity contribution in [2.24, 2.45) is 0 Å². The van der Waals surface area contributed by atoms with Crippen molar-refractivity contribution in [3.8, 4) is 0 Å². The van der Waals surface area contributed by atoms with E-state index in [1.54, 1.807) is 12.1 Å². The molecule has 2 aromatic rings. The van der Waals surface area contributed by atoms with E-state index < -0.39 is 11.2 Å². The molecule has 7 nitrogen and oxygen atoms in total. The Morgan fingerprint density at radius 1 is 1.21 bits per heavy atom. The molecule has 1 fully saturated rings. The molecule has 1 aromatic carbocycles. The van der Waals surface area contributed by atoms with Crippen molar-refractivity contribution in [1.82, 2.24) is 9.55 Å². The minimum absolute atomic E-state index is 0.0644. The van der Waals surface area contributed by atoms with Gasteiger partial charge in [0.15, 0.2) is 5.69 Å². The summed E-state index contributed by atoms with van der Waals surface area (Å²) in [6.07, 6.45) is 5.25. The van der Waals surface area contributed by atoms with Crippen LogP contribution in [0.4, 0.5) is 11.5 Å². The number of amides is 1. The van der Waals surface area contributed by atoms with Crippen molar-refractivity contribution >= 4 is 17.4 Å². The van der Waals surface area contributed by atoms with Crippen LogP contribution in [0.15, 0.2) is 33.9 Å². The maximum absolute atomic E-state index is 13.4. The summed E-state index contributed by atoms with van der Waals surface area (Å²) in [5.41, 5.74) is 6.78. The molecule has 1 aliphatic carbocycles. The Morgan fingerprint density at radius 3 is 2.46 bits per heavy atom. The third-order valence-corrected chi connectivity index (χ3v) is 5.40. The average Bonchev–Trinajstić information content (AvgIpc) is 3.19. The van der Waals surface area contributed by atoms with Crippen LogP contribution in [0.1, 0.15) is 61.4 Å². The second-order valence-corrected chi connectivity index (χ2v) is 7.48. The first-order valence-electron chi connectivity index (χ1n) is 9.96. The molecule has 0 aliphatic heterocycles. The van der Waals surface area contributed by atoms with E-state index in [1.165, 1.54) is 9.47 Å². The number of nitrogens with zero attached hydrogens (tertiary/aromatic N) is 2. The first kappa shape index (κ1) is 19.9. The lowest BCUT2D eigenvalue weighted by Crippen LogP contribution is -2.45. The molecular formula is C21H28N4O3. The van der Waals surface area contributed by atoms with Crippen LogP contribution in [0, 0.1) is 6.92 Å². The SMILES string of the molecule is CCCCn1c(N)c(N(C(=O)c2ccc(C)cc2)C2CCCC2)c(=O)[nH]c1=O. The van der Waals surface area contributed by atoms with Crippen molar-refractivity contribution < 1.29 is 4.79 Å². The lowest BCUT2D eigenvalue weighted by molar-refractivity contribution is 0.0976. The fraction of sp³-hybridized carbons (Fsp3) is 0.476. The number of nitrogens with two attached hydrogens (primary N) is 1. The van der Waals surface area contributed by atoms with Crippen molar-refractivity contribution in [1.29, 1.82) is 0 Å². The molecule has 7 heteroatoms. The van der Waals surface area contributed by atoms with Gasteiger partial charge in [-0.25, -0.2) is 4.79 Å². The molecule has 150 valence electrons. The third kappa shape index (κ3) is 3.88. The van der Waals surface area contributed by atoms with Crippen molar-refractivity contribution in [2.75, 3.05) is 10.6 Å². The number of rotatable bonds is 6. The van der Waals surface area contributed by atoms with Gasteiger partial charge in [-0.3, -0.25) is 24.0 Å². The summed E-state index contributed by atoms with van der Waals surface area (Å²) in [6, 6.07) is 7.16. The molecule has 0 spiro atoms. The van der Waals surface area contributed by atoms with Crippen molar-refractivity contribution in [3.63, 3.8) is 0 Å². The number of aromatic nitrogens is 2. The molecule has 0 saturated heterocycles. The summed E-state index contributed by atoms with van der Waals surface area (Å²) in [6.45, 7) is 4.37. The number of aromatic amines is 1. The van der Waals surface area contributed by atoms with Crippen LogP contribution in [0.2, 0.25) is 0 Å². The van der Waals surface area contributed by atoms with Crippen molar-refractivity contribution in [2.45, 2.75) is 65.0 Å². The average molecular weight is 384 g/mol. The number of hydrogen-bond donors (Lipinski definition) is 2. The smallest absolute Gasteiger partial charge is 0.330 e. The molecule has 1 aliphatic rings. The van der Waals surface area contributed by atoms with E-state index in [0.717, 1.165) is 44.1 Å². The standard InChI is InChI=1S/C21H28N4O3/c1-3-4-13-24-18(22)17(19(26)23-21(24)28)25(16-7-5-6-8-16)20(27)15-11-9-14(2)10-12-15/h9-12,16H,3-8,13,22H2,1-2H3,(H,23,26,28). The number of carbonyl (C=O) groups is 1. The fourth-order valence-corrected chi connectivity index (χ4v) is 3.80. The monoisotopic (exact) mass is 384 g/mol. The topological polar surface area (TPSA) is 101 Å². The number of hydrogen-bond acceptors (Lipinski definition) is 4. The largest absolute Gasteiger partial charge is 0.383 e. The zero-order chi connectivity index (χ0) is 20.3. The van der Waals surface area contributed by atoms with Crippen LogP contribution < -0.4 is 21.9 Å². The number of nitrogens with one attached hydrogen (secondary N) is 1. The van der Waals surface area contributed by atoms with Crippen molar-refractivity contribution in [3.05, 3.63) is 56.2 Å². The van der Waals surface area contributed by atoms with E-state index >= 15 is 0 Å². The third-order valence-electron chi connectivity index (χ3n) is 5.40. The Bertz CT molecular complexity index is 953. The molecule has 3 N–H and O–H groups in total.